The molecule has 5 aromatic rings. The molecule has 3 aromatic heterocycles. The zero-order valence-corrected chi connectivity index (χ0v) is 22.7. The van der Waals surface area contributed by atoms with Crippen LogP contribution in [0.4, 0.5) is 5.69 Å². The van der Waals surface area contributed by atoms with Crippen LogP contribution in [0.5, 0.6) is 0 Å². The summed E-state index contributed by atoms with van der Waals surface area (Å²) < 4.78 is 0. The molecule has 1 aliphatic heterocycles. The molecule has 0 bridgehead atoms. The van der Waals surface area contributed by atoms with Crippen LogP contribution >= 0.6 is 11.3 Å². The van der Waals surface area contributed by atoms with Crippen molar-refractivity contribution in [1.29, 1.82) is 5.41 Å². The first kappa shape index (κ1) is 23.9. The molecule has 4 heterocycles. The van der Waals surface area contributed by atoms with Crippen LogP contribution in [0.25, 0.3) is 21.8 Å². The maximum Gasteiger partial charge on any atom is 0.274 e. The number of ketones is 1. The zero-order valence-electron chi connectivity index (χ0n) is 21.9. The normalized spacial score (nSPS) is 20.5. The Morgan fingerprint density at radius 3 is 2.61 bits per heavy atom. The van der Waals surface area contributed by atoms with E-state index in [0.29, 0.717) is 35.1 Å². The Labute approximate surface area is 237 Å². The molecule has 0 radical (unpaired) electrons. The number of amidine groups is 1. The fourth-order valence-electron chi connectivity index (χ4n) is 6.72. The maximum absolute atomic E-state index is 13.7. The van der Waals surface area contributed by atoms with Crippen LogP contribution in [0.3, 0.4) is 0 Å². The number of aromatic amines is 2. The molecule has 9 nitrogen and oxygen atoms in total. The van der Waals surface area contributed by atoms with E-state index >= 15 is 0 Å². The molecular weight excluding hydrogens is 536 g/mol. The van der Waals surface area contributed by atoms with E-state index in [1.54, 1.807) is 47.4 Å². The fraction of sp³-hybridized carbons (Fsp3) is 0.161. The summed E-state index contributed by atoms with van der Waals surface area (Å²) in [7, 11) is 0. The minimum atomic E-state index is -0.310. The number of aromatic nitrogens is 2. The molecule has 2 unspecified atom stereocenters. The third-order valence-electron chi connectivity index (χ3n) is 8.70. The molecule has 2 atom stereocenters. The quantitative estimate of drug-likeness (QED) is 0.155. The molecule has 41 heavy (non-hydrogen) atoms. The third-order valence-corrected chi connectivity index (χ3v) is 9.81. The summed E-state index contributed by atoms with van der Waals surface area (Å²) >= 11 is 1.50. The average molecular weight is 561 g/mol. The molecule has 1 spiro atoms. The van der Waals surface area contributed by atoms with Crippen LogP contribution in [0.2, 0.25) is 0 Å². The van der Waals surface area contributed by atoms with Gasteiger partial charge in [-0.1, -0.05) is 0 Å². The smallest absolute Gasteiger partial charge is 0.274 e. The van der Waals surface area contributed by atoms with Crippen molar-refractivity contribution in [2.24, 2.45) is 11.7 Å². The number of anilines is 1. The van der Waals surface area contributed by atoms with Crippen LogP contribution in [-0.2, 0) is 5.41 Å². The lowest BCUT2D eigenvalue weighted by Gasteiger charge is -2.28. The van der Waals surface area contributed by atoms with E-state index in [1.807, 2.05) is 17.5 Å². The van der Waals surface area contributed by atoms with E-state index in [4.69, 9.17) is 11.1 Å². The van der Waals surface area contributed by atoms with Gasteiger partial charge in [0.15, 0.2) is 5.78 Å². The zero-order chi connectivity index (χ0) is 28.2. The number of carbonyl (C=O) groups excluding carboxylic acids is 3. The number of hydrogen-bond donors (Lipinski definition) is 5. The number of nitrogens with two attached hydrogens (primary N) is 1. The number of nitrogens with zero attached hydrogens (tertiary/aromatic N) is 1. The summed E-state index contributed by atoms with van der Waals surface area (Å²) in [6, 6.07) is 14.2. The van der Waals surface area contributed by atoms with Gasteiger partial charge in [0.2, 0.25) is 0 Å². The molecule has 1 saturated carbocycles. The summed E-state index contributed by atoms with van der Waals surface area (Å²) in [4.78, 5) is 48.6. The van der Waals surface area contributed by atoms with Crippen molar-refractivity contribution in [3.8, 4) is 0 Å². The van der Waals surface area contributed by atoms with Gasteiger partial charge in [-0.3, -0.25) is 19.8 Å². The highest BCUT2D eigenvalue weighted by atomic mass is 32.1. The van der Waals surface area contributed by atoms with Crippen LogP contribution in [0.15, 0.2) is 65.7 Å². The van der Waals surface area contributed by atoms with Crippen LogP contribution in [-0.4, -0.2) is 44.8 Å². The second-order valence-electron chi connectivity index (χ2n) is 11.1. The lowest BCUT2D eigenvalue weighted by atomic mass is 9.84. The Bertz CT molecular complexity index is 2060. The number of benzene rings is 2. The number of nitrogens with one attached hydrogen (secondary N) is 4. The number of rotatable bonds is 4. The van der Waals surface area contributed by atoms with Crippen LogP contribution in [0.1, 0.15) is 53.8 Å². The van der Waals surface area contributed by atoms with Gasteiger partial charge in [-0.05, 0) is 84.3 Å². The monoisotopic (exact) mass is 560 g/mol. The lowest BCUT2D eigenvalue weighted by Crippen LogP contribution is -2.33. The van der Waals surface area contributed by atoms with E-state index in [-0.39, 0.29) is 28.8 Å². The Morgan fingerprint density at radius 1 is 1.07 bits per heavy atom. The number of nitrogen functional groups attached to an aromatic ring is 1. The number of thiophene rings is 1. The van der Waals surface area contributed by atoms with Crippen molar-refractivity contribution in [3.63, 3.8) is 0 Å². The summed E-state index contributed by atoms with van der Waals surface area (Å²) in [5.41, 5.74) is 12.0. The van der Waals surface area contributed by atoms with Crippen molar-refractivity contribution in [1.82, 2.24) is 14.9 Å². The molecule has 1 saturated heterocycles. The molecule has 6 N–H and O–H groups in total. The number of amides is 2. The minimum Gasteiger partial charge on any atom is -0.384 e. The molecule has 2 amide bonds. The van der Waals surface area contributed by atoms with Gasteiger partial charge < -0.3 is 25.9 Å². The Balaban J connectivity index is 1.05. The molecule has 8 rings (SSSR count). The topological polar surface area (TPSA) is 148 Å². The largest absolute Gasteiger partial charge is 0.384 e. The number of allylic oxidation sites excluding steroid dienone is 2. The first-order valence-electron chi connectivity index (χ1n) is 13.3. The molecule has 2 aromatic carbocycles. The fourth-order valence-corrected chi connectivity index (χ4v) is 7.77. The van der Waals surface area contributed by atoms with Crippen molar-refractivity contribution in [2.75, 3.05) is 11.9 Å². The summed E-state index contributed by atoms with van der Waals surface area (Å²) in [5.74, 6) is -0.182. The average Bonchev–Trinajstić information content (AvgIpc) is 3.40. The number of piperidine rings is 1. The number of fused-ring (bicyclic) bond motifs is 3. The second-order valence-corrected chi connectivity index (χ2v) is 12.0. The molecule has 10 heteroatoms. The Kier molecular flexibility index (Phi) is 4.69. The highest BCUT2D eigenvalue weighted by molar-refractivity contribution is 7.12. The first-order valence-corrected chi connectivity index (χ1v) is 14.2. The first-order chi connectivity index (χ1) is 19.7. The molecular formula is C31H24N6O3S. The van der Waals surface area contributed by atoms with E-state index in [1.165, 1.54) is 11.3 Å². The van der Waals surface area contributed by atoms with Gasteiger partial charge in [-0.2, -0.15) is 0 Å². The number of hydrogen-bond acceptors (Lipinski definition) is 5. The van der Waals surface area contributed by atoms with E-state index in [0.717, 1.165) is 49.9 Å². The van der Waals surface area contributed by atoms with Crippen molar-refractivity contribution in [2.45, 2.75) is 18.8 Å². The Hall–Kier alpha value is -4.96. The summed E-state index contributed by atoms with van der Waals surface area (Å²) in [6.07, 6.45) is 2.65. The highest BCUT2D eigenvalue weighted by Crippen LogP contribution is 2.68. The molecule has 2 aliphatic carbocycles. The van der Waals surface area contributed by atoms with Gasteiger partial charge in [0.05, 0.1) is 4.88 Å². The van der Waals surface area contributed by atoms with Crippen molar-refractivity contribution in [3.05, 3.63) is 98.6 Å². The van der Waals surface area contributed by atoms with E-state index in [9.17, 15) is 14.4 Å². The number of H-pyrrole nitrogens is 2. The number of likely N-dealkylation sites (tertiary alicyclic amines) is 1. The lowest BCUT2D eigenvalue weighted by molar-refractivity contribution is 0.0806. The van der Waals surface area contributed by atoms with Crippen LogP contribution in [0, 0.1) is 18.3 Å². The van der Waals surface area contributed by atoms with Crippen LogP contribution < -0.4 is 11.1 Å². The van der Waals surface area contributed by atoms with Crippen molar-refractivity contribution >= 4 is 62.3 Å². The highest BCUT2D eigenvalue weighted by Gasteiger charge is 2.68. The van der Waals surface area contributed by atoms with Gasteiger partial charge in [-0.15, -0.1) is 11.3 Å². The van der Waals surface area contributed by atoms with Gasteiger partial charge >= 0.3 is 0 Å². The Morgan fingerprint density at radius 2 is 1.80 bits per heavy atom. The minimum absolute atomic E-state index is 0.0182. The number of carbonyl (C=O) groups is 3. The SMILES string of the molecule is Cc1csc2c1C13CC1CN(C(=O)c1cc4cc(NC(=O)c5cc6cc(C(=N)N)ccc6[nH]5)ccc4[nH]1)C3=CC2=O. The van der Waals surface area contributed by atoms with Gasteiger partial charge in [0.1, 0.15) is 17.2 Å². The third kappa shape index (κ3) is 3.34. The second kappa shape index (κ2) is 8.05. The molecule has 202 valence electrons. The standard InChI is InChI=1S/C31H24N6O3S/c1-14-13-41-27-24(38)10-25-31(26(14)27)11-18(31)12-37(25)30(40)23-9-17-7-19(3-5-21(17)36-23)34-29(39)22-8-16-6-15(28(32)33)2-4-20(16)35-22/h2-10,13,18,35-36H,11-12H2,1H3,(H3,32,33)(H,34,39). The van der Waals surface area contributed by atoms with E-state index in [2.05, 4.69) is 22.2 Å². The number of aryl methyl sites for hydroxylation is 1. The van der Waals surface area contributed by atoms with Crippen molar-refractivity contribution < 1.29 is 14.4 Å². The van der Waals surface area contributed by atoms with E-state index < -0.39 is 0 Å². The summed E-state index contributed by atoms with van der Waals surface area (Å²) in [6.45, 7) is 2.65. The van der Waals surface area contributed by atoms with Gasteiger partial charge in [0, 0.05) is 56.8 Å². The van der Waals surface area contributed by atoms with Gasteiger partial charge in [-0.25, -0.2) is 0 Å². The molecule has 2 fully saturated rings. The predicted octanol–water partition coefficient (Wildman–Crippen LogP) is 5.05. The maximum atomic E-state index is 13.7. The van der Waals surface area contributed by atoms with Gasteiger partial charge in [0.25, 0.3) is 11.8 Å². The predicted molar refractivity (Wildman–Crippen MR) is 158 cm³/mol. The molecule has 3 aliphatic rings. The summed E-state index contributed by atoms with van der Waals surface area (Å²) in [5, 5.41) is 14.2.